The summed E-state index contributed by atoms with van der Waals surface area (Å²) in [6.45, 7) is 2.04. The van der Waals surface area contributed by atoms with Gasteiger partial charge in [-0.05, 0) is 58.8 Å². The Labute approximate surface area is 118 Å². The third kappa shape index (κ3) is 1.77. The Morgan fingerprint density at radius 2 is 2.11 bits per heavy atom. The molecular formula is C14H11IN2O. The molecule has 0 aliphatic rings. The van der Waals surface area contributed by atoms with Gasteiger partial charge >= 0.3 is 0 Å². The minimum absolute atomic E-state index is 0.301. The van der Waals surface area contributed by atoms with Crippen molar-refractivity contribution in [3.05, 3.63) is 45.7 Å². The number of hydrogen-bond donors (Lipinski definition) is 2. The summed E-state index contributed by atoms with van der Waals surface area (Å²) < 4.78 is 1.03. The summed E-state index contributed by atoms with van der Waals surface area (Å²) >= 11 is 2.24. The number of rotatable bonds is 1. The number of phenolic OH excluding ortho intramolecular Hbond substituents is 1. The van der Waals surface area contributed by atoms with Crippen molar-refractivity contribution < 1.29 is 5.11 Å². The molecule has 0 aliphatic heterocycles. The normalized spacial score (nSPS) is 11.0. The lowest BCUT2D eigenvalue weighted by Gasteiger charge is -2.09. The molecule has 18 heavy (non-hydrogen) atoms. The van der Waals surface area contributed by atoms with Crippen LogP contribution in [0.5, 0.6) is 5.75 Å². The van der Waals surface area contributed by atoms with Crippen LogP contribution in [-0.2, 0) is 0 Å². The highest BCUT2D eigenvalue weighted by atomic mass is 127. The molecule has 0 radical (unpaired) electrons. The Morgan fingerprint density at radius 1 is 1.28 bits per heavy atom. The Bertz CT molecular complexity index is 713. The maximum Gasteiger partial charge on any atom is 0.124 e. The molecule has 3 aromatic rings. The molecule has 0 fully saturated rings. The van der Waals surface area contributed by atoms with Crippen molar-refractivity contribution in [1.82, 2.24) is 10.2 Å². The van der Waals surface area contributed by atoms with Crippen LogP contribution >= 0.6 is 22.6 Å². The molecule has 0 spiro atoms. The third-order valence-corrected chi connectivity index (χ3v) is 3.86. The summed E-state index contributed by atoms with van der Waals surface area (Å²) in [6, 6.07) is 9.69. The van der Waals surface area contributed by atoms with Gasteiger partial charge in [-0.25, -0.2) is 0 Å². The molecule has 2 N–H and O–H groups in total. The summed E-state index contributed by atoms with van der Waals surface area (Å²) in [5, 5.41) is 18.2. The van der Waals surface area contributed by atoms with Gasteiger partial charge in [-0.15, -0.1) is 0 Å². The molecule has 0 unspecified atom stereocenters. The van der Waals surface area contributed by atoms with E-state index in [1.165, 1.54) is 0 Å². The Morgan fingerprint density at radius 3 is 2.89 bits per heavy atom. The number of benzene rings is 2. The van der Waals surface area contributed by atoms with Crippen LogP contribution in [0.3, 0.4) is 0 Å². The summed E-state index contributed by atoms with van der Waals surface area (Å²) in [5.41, 5.74) is 4.01. The third-order valence-electron chi connectivity index (χ3n) is 2.96. The van der Waals surface area contributed by atoms with Crippen LogP contribution in [0, 0.1) is 10.5 Å². The van der Waals surface area contributed by atoms with Crippen molar-refractivity contribution in [2.24, 2.45) is 0 Å². The van der Waals surface area contributed by atoms with E-state index in [2.05, 4.69) is 44.9 Å². The molecule has 3 rings (SSSR count). The van der Waals surface area contributed by atoms with Crippen molar-refractivity contribution >= 4 is 33.5 Å². The number of hydrogen-bond acceptors (Lipinski definition) is 2. The van der Waals surface area contributed by atoms with Crippen LogP contribution in [-0.4, -0.2) is 15.3 Å². The number of nitrogens with one attached hydrogen (secondary N) is 1. The molecule has 4 heteroatoms. The maximum absolute atomic E-state index is 10.1. The van der Waals surface area contributed by atoms with Gasteiger partial charge in [0, 0.05) is 14.5 Å². The van der Waals surface area contributed by atoms with E-state index in [0.29, 0.717) is 5.75 Å². The highest BCUT2D eigenvalue weighted by Gasteiger charge is 2.13. The van der Waals surface area contributed by atoms with E-state index in [1.807, 2.05) is 19.1 Å². The van der Waals surface area contributed by atoms with Crippen molar-refractivity contribution in [2.45, 2.75) is 6.92 Å². The lowest BCUT2D eigenvalue weighted by molar-refractivity contribution is 0.477. The highest BCUT2D eigenvalue weighted by Crippen LogP contribution is 2.37. The Balaban J connectivity index is 2.41. The van der Waals surface area contributed by atoms with E-state index >= 15 is 0 Å². The van der Waals surface area contributed by atoms with Crippen molar-refractivity contribution in [1.29, 1.82) is 0 Å². The predicted octanol–water partition coefficient (Wildman–Crippen LogP) is 3.85. The Hall–Kier alpha value is -1.56. The molecule has 1 heterocycles. The van der Waals surface area contributed by atoms with Crippen LogP contribution in [0.15, 0.2) is 36.5 Å². The number of phenols is 1. The van der Waals surface area contributed by atoms with Gasteiger partial charge in [0.25, 0.3) is 0 Å². The van der Waals surface area contributed by atoms with E-state index < -0.39 is 0 Å². The number of aromatic amines is 1. The largest absolute Gasteiger partial charge is 0.507 e. The van der Waals surface area contributed by atoms with Crippen molar-refractivity contribution in [3.63, 3.8) is 0 Å². The second-order valence-corrected chi connectivity index (χ2v) is 5.44. The van der Waals surface area contributed by atoms with Crippen LogP contribution in [0.1, 0.15) is 5.56 Å². The topological polar surface area (TPSA) is 48.9 Å². The molecule has 0 saturated heterocycles. The summed E-state index contributed by atoms with van der Waals surface area (Å²) in [7, 11) is 0. The van der Waals surface area contributed by atoms with Crippen LogP contribution in [0.4, 0.5) is 0 Å². The van der Waals surface area contributed by atoms with E-state index in [1.54, 1.807) is 12.3 Å². The zero-order valence-electron chi connectivity index (χ0n) is 9.74. The van der Waals surface area contributed by atoms with Crippen LogP contribution in [0.2, 0.25) is 0 Å². The standard InChI is InChI=1S/C14H11IN2O/c1-8-5-9(10-7-16-17-12(10)6-8)14-11(15)3-2-4-13(14)18/h2-7,18H,1H3,(H,16,17). The smallest absolute Gasteiger partial charge is 0.124 e. The lowest BCUT2D eigenvalue weighted by Crippen LogP contribution is -1.86. The van der Waals surface area contributed by atoms with Gasteiger partial charge in [-0.1, -0.05) is 12.1 Å². The highest BCUT2D eigenvalue weighted by molar-refractivity contribution is 14.1. The number of halogens is 1. The second-order valence-electron chi connectivity index (χ2n) is 4.28. The number of aromatic hydroxyl groups is 1. The molecule has 0 atom stereocenters. The van der Waals surface area contributed by atoms with Gasteiger partial charge in [0.05, 0.1) is 11.7 Å². The van der Waals surface area contributed by atoms with Gasteiger partial charge in [0.15, 0.2) is 0 Å². The molecule has 90 valence electrons. The molecule has 0 amide bonds. The fraction of sp³-hybridized carbons (Fsp3) is 0.0714. The van der Waals surface area contributed by atoms with E-state index in [4.69, 9.17) is 0 Å². The number of nitrogens with zero attached hydrogens (tertiary/aromatic N) is 1. The quantitative estimate of drug-likeness (QED) is 0.655. The monoisotopic (exact) mass is 350 g/mol. The van der Waals surface area contributed by atoms with Crippen LogP contribution < -0.4 is 0 Å². The second kappa shape index (κ2) is 4.28. The SMILES string of the molecule is Cc1cc(-c2c(O)cccc2I)c2cn[nH]c2c1. The summed E-state index contributed by atoms with van der Waals surface area (Å²) in [4.78, 5) is 0. The van der Waals surface area contributed by atoms with Gasteiger partial charge < -0.3 is 5.11 Å². The summed E-state index contributed by atoms with van der Waals surface area (Å²) in [5.74, 6) is 0.301. The molecule has 0 saturated carbocycles. The molecule has 1 aromatic heterocycles. The minimum atomic E-state index is 0.301. The first kappa shape index (κ1) is 11.5. The zero-order chi connectivity index (χ0) is 12.7. The number of aromatic nitrogens is 2. The van der Waals surface area contributed by atoms with Gasteiger partial charge in [-0.3, -0.25) is 5.10 Å². The van der Waals surface area contributed by atoms with Gasteiger partial charge in [0.2, 0.25) is 0 Å². The van der Waals surface area contributed by atoms with E-state index in [0.717, 1.165) is 31.2 Å². The fourth-order valence-corrected chi connectivity index (χ4v) is 2.96. The molecule has 3 nitrogen and oxygen atoms in total. The van der Waals surface area contributed by atoms with Gasteiger partial charge in [-0.2, -0.15) is 5.10 Å². The summed E-state index contributed by atoms with van der Waals surface area (Å²) in [6.07, 6.45) is 1.80. The lowest BCUT2D eigenvalue weighted by atomic mass is 9.99. The Kier molecular flexibility index (Phi) is 2.74. The van der Waals surface area contributed by atoms with Crippen molar-refractivity contribution in [3.8, 4) is 16.9 Å². The molecule has 0 bridgehead atoms. The molecular weight excluding hydrogens is 339 g/mol. The first-order valence-electron chi connectivity index (χ1n) is 5.58. The average molecular weight is 350 g/mol. The van der Waals surface area contributed by atoms with Crippen LogP contribution in [0.25, 0.3) is 22.0 Å². The first-order chi connectivity index (χ1) is 8.66. The number of fused-ring (bicyclic) bond motifs is 1. The van der Waals surface area contributed by atoms with E-state index in [-0.39, 0.29) is 0 Å². The predicted molar refractivity (Wildman–Crippen MR) is 80.6 cm³/mol. The number of aryl methyl sites for hydroxylation is 1. The van der Waals surface area contributed by atoms with E-state index in [9.17, 15) is 5.11 Å². The average Bonchev–Trinajstić information content (AvgIpc) is 2.76. The molecule has 0 aliphatic carbocycles. The van der Waals surface area contributed by atoms with Gasteiger partial charge in [0.1, 0.15) is 5.75 Å². The van der Waals surface area contributed by atoms with Crippen molar-refractivity contribution in [2.75, 3.05) is 0 Å². The maximum atomic E-state index is 10.1. The minimum Gasteiger partial charge on any atom is -0.507 e. The first-order valence-corrected chi connectivity index (χ1v) is 6.66. The zero-order valence-corrected chi connectivity index (χ0v) is 11.9. The fourth-order valence-electron chi connectivity index (χ4n) is 2.18. The number of H-pyrrole nitrogens is 1. The molecule has 2 aromatic carbocycles.